The van der Waals surface area contributed by atoms with Gasteiger partial charge in [0.15, 0.2) is 0 Å². The molecule has 1 aromatic carbocycles. The van der Waals surface area contributed by atoms with Gasteiger partial charge in [-0.15, -0.1) is 0 Å². The average Bonchev–Trinajstić information content (AvgIpc) is 2.26. The number of aryl methyl sites for hydroxylation is 1. The Labute approximate surface area is 114 Å². The molecule has 0 amide bonds. The predicted molar refractivity (Wildman–Crippen MR) is 65.1 cm³/mol. The molecule has 1 rings (SSSR count). The number of nitrogens with one attached hydrogen (secondary N) is 1. The largest absolute Gasteiger partial charge is 0.481 e. The van der Waals surface area contributed by atoms with E-state index >= 15 is 0 Å². The molecule has 0 aliphatic heterocycles. The van der Waals surface area contributed by atoms with Gasteiger partial charge in [0.2, 0.25) is 10.0 Å². The summed E-state index contributed by atoms with van der Waals surface area (Å²) >= 11 is 0. The molecule has 0 bridgehead atoms. The summed E-state index contributed by atoms with van der Waals surface area (Å²) in [6, 6.07) is 1.06. The van der Waals surface area contributed by atoms with Gasteiger partial charge in [0.1, 0.15) is 11.9 Å². The summed E-state index contributed by atoms with van der Waals surface area (Å²) in [7, 11) is -4.26. The molecule has 20 heavy (non-hydrogen) atoms. The smallest absolute Gasteiger partial charge is 0.322 e. The highest BCUT2D eigenvalue weighted by Crippen LogP contribution is 2.16. The minimum atomic E-state index is -4.26. The summed E-state index contributed by atoms with van der Waals surface area (Å²) < 4.78 is 38.6. The van der Waals surface area contributed by atoms with Crippen molar-refractivity contribution in [1.29, 1.82) is 0 Å². The van der Waals surface area contributed by atoms with E-state index in [9.17, 15) is 22.4 Å². The number of hydrogen-bond donors (Lipinski definition) is 3. The molecule has 1 atom stereocenters. The number of hydrogen-bond acceptors (Lipinski definition) is 4. The lowest BCUT2D eigenvalue weighted by Crippen LogP contribution is -2.42. The van der Waals surface area contributed by atoms with E-state index < -0.39 is 40.2 Å². The SMILES string of the molecule is Cc1cc(F)ccc1S(=O)(=O)NC(CC(=O)O)C(=O)O. The Morgan fingerprint density at radius 1 is 1.35 bits per heavy atom. The topological polar surface area (TPSA) is 121 Å². The normalized spacial score (nSPS) is 12.9. The van der Waals surface area contributed by atoms with Crippen molar-refractivity contribution < 1.29 is 32.6 Å². The van der Waals surface area contributed by atoms with Crippen LogP contribution in [0.1, 0.15) is 12.0 Å². The first-order valence-electron chi connectivity index (χ1n) is 5.36. The first kappa shape index (κ1) is 16.1. The van der Waals surface area contributed by atoms with Crippen molar-refractivity contribution in [2.45, 2.75) is 24.3 Å². The molecule has 0 radical (unpaired) electrons. The van der Waals surface area contributed by atoms with Crippen LogP contribution >= 0.6 is 0 Å². The van der Waals surface area contributed by atoms with Crippen molar-refractivity contribution in [3.63, 3.8) is 0 Å². The van der Waals surface area contributed by atoms with E-state index in [1.54, 1.807) is 4.72 Å². The molecule has 0 fully saturated rings. The maximum absolute atomic E-state index is 12.9. The van der Waals surface area contributed by atoms with E-state index in [2.05, 4.69) is 0 Å². The van der Waals surface area contributed by atoms with Crippen molar-refractivity contribution in [2.75, 3.05) is 0 Å². The van der Waals surface area contributed by atoms with Crippen molar-refractivity contribution in [3.05, 3.63) is 29.6 Å². The van der Waals surface area contributed by atoms with Gasteiger partial charge in [-0.2, -0.15) is 4.72 Å². The standard InChI is InChI=1S/C11H12FNO6S/c1-6-4-7(12)2-3-9(6)20(18,19)13-8(11(16)17)5-10(14)15/h2-4,8,13H,5H2,1H3,(H,14,15)(H,16,17). The summed E-state index contributed by atoms with van der Waals surface area (Å²) in [5, 5.41) is 17.3. The van der Waals surface area contributed by atoms with Gasteiger partial charge in [0, 0.05) is 0 Å². The van der Waals surface area contributed by atoms with Crippen LogP contribution in [-0.2, 0) is 19.6 Å². The number of aliphatic carboxylic acids is 2. The predicted octanol–water partition coefficient (Wildman–Crippen LogP) is 0.340. The third kappa shape index (κ3) is 4.00. The number of carbonyl (C=O) groups is 2. The van der Waals surface area contributed by atoms with Crippen molar-refractivity contribution in [1.82, 2.24) is 4.72 Å². The van der Waals surface area contributed by atoms with Crippen LogP contribution in [0.25, 0.3) is 0 Å². The zero-order valence-electron chi connectivity index (χ0n) is 10.3. The number of sulfonamides is 1. The number of carboxylic acid groups (broad SMARTS) is 2. The Morgan fingerprint density at radius 2 is 1.95 bits per heavy atom. The fourth-order valence-electron chi connectivity index (χ4n) is 1.52. The van der Waals surface area contributed by atoms with Crippen LogP contribution in [0.3, 0.4) is 0 Å². The summed E-state index contributed by atoms with van der Waals surface area (Å²) in [6.07, 6.45) is -0.908. The second kappa shape index (κ2) is 5.97. The second-order valence-electron chi connectivity index (χ2n) is 4.02. The van der Waals surface area contributed by atoms with E-state index in [0.29, 0.717) is 0 Å². The highest BCUT2D eigenvalue weighted by atomic mass is 32.2. The lowest BCUT2D eigenvalue weighted by Gasteiger charge is -2.14. The minimum absolute atomic E-state index is 0.0805. The summed E-state index contributed by atoms with van der Waals surface area (Å²) in [5.41, 5.74) is 0.0805. The zero-order valence-corrected chi connectivity index (χ0v) is 11.1. The molecule has 0 saturated heterocycles. The number of benzene rings is 1. The van der Waals surface area contributed by atoms with Crippen molar-refractivity contribution in [3.8, 4) is 0 Å². The van der Waals surface area contributed by atoms with Crippen LogP contribution in [0.2, 0.25) is 0 Å². The molecule has 0 spiro atoms. The molecule has 1 aromatic rings. The zero-order chi connectivity index (χ0) is 15.5. The lowest BCUT2D eigenvalue weighted by atomic mass is 10.2. The van der Waals surface area contributed by atoms with E-state index in [-0.39, 0.29) is 10.5 Å². The Morgan fingerprint density at radius 3 is 2.40 bits per heavy atom. The monoisotopic (exact) mass is 305 g/mol. The quantitative estimate of drug-likeness (QED) is 0.697. The Bertz CT molecular complexity index is 642. The van der Waals surface area contributed by atoms with Gasteiger partial charge < -0.3 is 10.2 Å². The maximum Gasteiger partial charge on any atom is 0.322 e. The van der Waals surface area contributed by atoms with Gasteiger partial charge in [0.25, 0.3) is 0 Å². The molecule has 7 nitrogen and oxygen atoms in total. The maximum atomic E-state index is 12.9. The fraction of sp³-hybridized carbons (Fsp3) is 0.273. The third-order valence-electron chi connectivity index (χ3n) is 2.40. The van der Waals surface area contributed by atoms with Gasteiger partial charge in [-0.1, -0.05) is 0 Å². The molecular weight excluding hydrogens is 293 g/mol. The van der Waals surface area contributed by atoms with Crippen LogP contribution in [-0.4, -0.2) is 36.6 Å². The lowest BCUT2D eigenvalue weighted by molar-refractivity contribution is -0.145. The fourth-order valence-corrected chi connectivity index (χ4v) is 2.93. The molecule has 1 unspecified atom stereocenters. The highest BCUT2D eigenvalue weighted by molar-refractivity contribution is 7.89. The van der Waals surface area contributed by atoms with Crippen LogP contribution in [0.15, 0.2) is 23.1 Å². The Kier molecular flexibility index (Phi) is 4.79. The van der Waals surface area contributed by atoms with Crippen LogP contribution in [0.4, 0.5) is 4.39 Å². The summed E-state index contributed by atoms with van der Waals surface area (Å²) in [5.74, 6) is -3.71. The molecular formula is C11H12FNO6S. The van der Waals surface area contributed by atoms with Crippen LogP contribution in [0.5, 0.6) is 0 Å². The van der Waals surface area contributed by atoms with Crippen LogP contribution in [0, 0.1) is 12.7 Å². The number of rotatable bonds is 6. The average molecular weight is 305 g/mol. The summed E-state index contributed by atoms with van der Waals surface area (Å²) in [4.78, 5) is 21.0. The van der Waals surface area contributed by atoms with Gasteiger partial charge in [-0.3, -0.25) is 9.59 Å². The summed E-state index contributed by atoms with van der Waals surface area (Å²) in [6.45, 7) is 1.34. The minimum Gasteiger partial charge on any atom is -0.481 e. The van der Waals surface area contributed by atoms with Gasteiger partial charge >= 0.3 is 11.9 Å². The molecule has 0 heterocycles. The molecule has 0 aliphatic rings. The van der Waals surface area contributed by atoms with E-state index in [1.807, 2.05) is 0 Å². The molecule has 3 N–H and O–H groups in total. The number of halogens is 1. The van der Waals surface area contributed by atoms with E-state index in [0.717, 1.165) is 18.2 Å². The number of carboxylic acids is 2. The van der Waals surface area contributed by atoms with Gasteiger partial charge in [-0.05, 0) is 30.7 Å². The Hall–Kier alpha value is -2.00. The first-order chi connectivity index (χ1) is 9.13. The van der Waals surface area contributed by atoms with E-state index in [1.165, 1.54) is 6.92 Å². The highest BCUT2D eigenvalue weighted by Gasteiger charge is 2.28. The molecule has 0 aliphatic carbocycles. The molecule has 0 aromatic heterocycles. The van der Waals surface area contributed by atoms with E-state index in [4.69, 9.17) is 10.2 Å². The molecule has 110 valence electrons. The van der Waals surface area contributed by atoms with Crippen molar-refractivity contribution >= 4 is 22.0 Å². The van der Waals surface area contributed by atoms with Crippen molar-refractivity contribution in [2.24, 2.45) is 0 Å². The first-order valence-corrected chi connectivity index (χ1v) is 6.85. The van der Waals surface area contributed by atoms with Gasteiger partial charge in [-0.25, -0.2) is 12.8 Å². The van der Waals surface area contributed by atoms with Gasteiger partial charge in [0.05, 0.1) is 11.3 Å². The third-order valence-corrected chi connectivity index (χ3v) is 4.03. The second-order valence-corrected chi connectivity index (χ2v) is 5.70. The van der Waals surface area contributed by atoms with Crippen LogP contribution < -0.4 is 4.72 Å². The molecule has 0 saturated carbocycles. The molecule has 9 heteroatoms. The Balaban J connectivity index is 3.09.